The highest BCUT2D eigenvalue weighted by Crippen LogP contribution is 2.40. The van der Waals surface area contributed by atoms with Gasteiger partial charge in [0.1, 0.15) is 0 Å². The highest BCUT2D eigenvalue weighted by Gasteiger charge is 2.41. The number of rotatable bonds is 5. The summed E-state index contributed by atoms with van der Waals surface area (Å²) in [6.45, 7) is 5.04. The molecule has 32 heavy (non-hydrogen) atoms. The summed E-state index contributed by atoms with van der Waals surface area (Å²) in [5.41, 5.74) is 7.14. The van der Waals surface area contributed by atoms with Gasteiger partial charge < -0.3 is 14.8 Å². The highest BCUT2D eigenvalue weighted by molar-refractivity contribution is 7.80. The molecule has 5 heteroatoms. The fraction of sp³-hybridized carbons (Fsp3) is 0.185. The van der Waals surface area contributed by atoms with Crippen molar-refractivity contribution < 1.29 is 0 Å². The van der Waals surface area contributed by atoms with Gasteiger partial charge in [0.05, 0.1) is 17.8 Å². The normalized spacial score (nSPS) is 18.1. The molecule has 1 aliphatic heterocycles. The van der Waals surface area contributed by atoms with Gasteiger partial charge in [0, 0.05) is 30.3 Å². The van der Waals surface area contributed by atoms with Gasteiger partial charge in [-0.3, -0.25) is 4.98 Å². The van der Waals surface area contributed by atoms with Crippen LogP contribution in [0.15, 0.2) is 91.3 Å². The minimum atomic E-state index is -0.0346. The van der Waals surface area contributed by atoms with Gasteiger partial charge in [0.2, 0.25) is 0 Å². The zero-order chi connectivity index (χ0) is 22.1. The Morgan fingerprint density at radius 3 is 2.47 bits per heavy atom. The third kappa shape index (κ3) is 3.80. The molecule has 0 radical (unpaired) electrons. The molecule has 1 N–H and O–H groups in total. The molecule has 0 amide bonds. The number of pyridine rings is 1. The molecule has 0 spiro atoms. The lowest BCUT2D eigenvalue weighted by Crippen LogP contribution is -2.30. The molecule has 4 nitrogen and oxygen atoms in total. The van der Waals surface area contributed by atoms with E-state index in [-0.39, 0.29) is 12.1 Å². The highest BCUT2D eigenvalue weighted by atomic mass is 32.1. The van der Waals surface area contributed by atoms with Gasteiger partial charge in [0.15, 0.2) is 5.11 Å². The van der Waals surface area contributed by atoms with Crippen LogP contribution in [0.1, 0.15) is 40.2 Å². The van der Waals surface area contributed by atoms with Crippen LogP contribution in [0.5, 0.6) is 0 Å². The second-order valence-corrected chi connectivity index (χ2v) is 8.70. The molecule has 1 aliphatic rings. The summed E-state index contributed by atoms with van der Waals surface area (Å²) in [7, 11) is 0. The molecule has 1 saturated heterocycles. The molecule has 4 aromatic rings. The summed E-state index contributed by atoms with van der Waals surface area (Å²) < 4.78 is 2.28. The zero-order valence-corrected chi connectivity index (χ0v) is 19.1. The van der Waals surface area contributed by atoms with Gasteiger partial charge in [-0.1, -0.05) is 42.5 Å². The van der Waals surface area contributed by atoms with E-state index in [0.29, 0.717) is 0 Å². The van der Waals surface area contributed by atoms with Crippen molar-refractivity contribution in [1.29, 1.82) is 0 Å². The lowest BCUT2D eigenvalue weighted by Gasteiger charge is -2.29. The van der Waals surface area contributed by atoms with E-state index in [1.165, 1.54) is 22.4 Å². The Balaban J connectivity index is 1.61. The lowest BCUT2D eigenvalue weighted by atomic mass is 10.0. The number of aryl methyl sites for hydroxylation is 2. The quantitative estimate of drug-likeness (QED) is 0.408. The molecule has 5 rings (SSSR count). The molecule has 160 valence electrons. The maximum absolute atomic E-state index is 5.84. The number of benzene rings is 2. The third-order valence-corrected chi connectivity index (χ3v) is 6.60. The summed E-state index contributed by atoms with van der Waals surface area (Å²) in [5.74, 6) is 0. The number of nitrogens with zero attached hydrogens (tertiary/aromatic N) is 3. The van der Waals surface area contributed by atoms with Crippen LogP contribution in [0.2, 0.25) is 0 Å². The number of hydrogen-bond acceptors (Lipinski definition) is 2. The van der Waals surface area contributed by atoms with E-state index >= 15 is 0 Å². The molecule has 3 heterocycles. The van der Waals surface area contributed by atoms with E-state index in [1.54, 1.807) is 0 Å². The van der Waals surface area contributed by atoms with Crippen molar-refractivity contribution in [3.8, 4) is 5.69 Å². The van der Waals surface area contributed by atoms with Gasteiger partial charge in [-0.05, 0) is 79.2 Å². The van der Waals surface area contributed by atoms with E-state index in [4.69, 9.17) is 12.2 Å². The van der Waals surface area contributed by atoms with Gasteiger partial charge in [-0.15, -0.1) is 0 Å². The van der Waals surface area contributed by atoms with E-state index in [9.17, 15) is 0 Å². The van der Waals surface area contributed by atoms with Gasteiger partial charge >= 0.3 is 0 Å². The van der Waals surface area contributed by atoms with Crippen LogP contribution in [0, 0.1) is 13.8 Å². The first kappa shape index (κ1) is 20.5. The van der Waals surface area contributed by atoms with Crippen molar-refractivity contribution in [2.45, 2.75) is 32.5 Å². The van der Waals surface area contributed by atoms with Crippen molar-refractivity contribution in [2.24, 2.45) is 0 Å². The first-order valence-corrected chi connectivity index (χ1v) is 11.3. The smallest absolute Gasteiger partial charge is 0.170 e. The van der Waals surface area contributed by atoms with Crippen molar-refractivity contribution in [1.82, 2.24) is 19.8 Å². The Hall–Kier alpha value is -3.44. The van der Waals surface area contributed by atoms with E-state index in [2.05, 4.69) is 100 Å². The number of thiocarbonyl (C=S) groups is 1. The molecule has 2 unspecified atom stereocenters. The Kier molecular flexibility index (Phi) is 5.50. The molecular weight excluding hydrogens is 412 g/mol. The van der Waals surface area contributed by atoms with Crippen LogP contribution in [0.25, 0.3) is 5.69 Å². The predicted molar refractivity (Wildman–Crippen MR) is 133 cm³/mol. The van der Waals surface area contributed by atoms with Crippen molar-refractivity contribution in [2.75, 3.05) is 0 Å². The first-order chi connectivity index (χ1) is 15.6. The zero-order valence-electron chi connectivity index (χ0n) is 18.3. The Bertz CT molecular complexity index is 1230. The standard InChI is InChI=1S/C27H26N4S/c1-19-13-14-22(17-20(19)2)30-16-8-12-24(30)26-25(23-11-6-7-15-28-23)29-27(32)31(26)18-21-9-4-3-5-10-21/h3-17,25-26H,18H2,1-2H3,(H,29,32). The van der Waals surface area contributed by atoms with E-state index < -0.39 is 0 Å². The Morgan fingerprint density at radius 1 is 0.906 bits per heavy atom. The van der Waals surface area contributed by atoms with Gasteiger partial charge in [-0.2, -0.15) is 0 Å². The summed E-state index contributed by atoms with van der Waals surface area (Å²) in [4.78, 5) is 6.96. The maximum Gasteiger partial charge on any atom is 0.170 e. The molecule has 2 atom stereocenters. The third-order valence-electron chi connectivity index (χ3n) is 6.25. The summed E-state index contributed by atoms with van der Waals surface area (Å²) in [5, 5.41) is 4.31. The molecule has 0 aliphatic carbocycles. The minimum absolute atomic E-state index is 0.00853. The van der Waals surface area contributed by atoms with Crippen molar-refractivity contribution >= 4 is 17.3 Å². The second-order valence-electron chi connectivity index (χ2n) is 8.31. The van der Waals surface area contributed by atoms with E-state index in [0.717, 1.165) is 23.0 Å². The Morgan fingerprint density at radius 2 is 1.72 bits per heavy atom. The predicted octanol–water partition coefficient (Wildman–Crippen LogP) is 5.66. The van der Waals surface area contributed by atoms with E-state index in [1.807, 2.05) is 24.4 Å². The average molecular weight is 439 g/mol. The largest absolute Gasteiger partial charge is 0.352 e. The molecule has 0 bridgehead atoms. The summed E-state index contributed by atoms with van der Waals surface area (Å²) in [6.07, 6.45) is 3.98. The fourth-order valence-corrected chi connectivity index (χ4v) is 4.73. The molecular formula is C27H26N4S. The van der Waals surface area contributed by atoms with Crippen molar-refractivity contribution in [3.63, 3.8) is 0 Å². The Labute approximate surface area is 194 Å². The first-order valence-electron chi connectivity index (χ1n) is 10.9. The second kappa shape index (κ2) is 8.60. The van der Waals surface area contributed by atoms with Crippen LogP contribution in [0.4, 0.5) is 0 Å². The lowest BCUT2D eigenvalue weighted by molar-refractivity contribution is 0.302. The van der Waals surface area contributed by atoms with Gasteiger partial charge in [0.25, 0.3) is 0 Å². The van der Waals surface area contributed by atoms with Crippen molar-refractivity contribution in [3.05, 3.63) is 119 Å². The topological polar surface area (TPSA) is 33.1 Å². The van der Waals surface area contributed by atoms with Crippen LogP contribution < -0.4 is 5.32 Å². The monoisotopic (exact) mass is 438 g/mol. The summed E-state index contributed by atoms with van der Waals surface area (Å²) >= 11 is 5.84. The number of hydrogen-bond donors (Lipinski definition) is 1. The maximum atomic E-state index is 5.84. The fourth-order valence-electron chi connectivity index (χ4n) is 4.42. The molecule has 2 aromatic carbocycles. The van der Waals surface area contributed by atoms with Crippen LogP contribution in [0.3, 0.4) is 0 Å². The van der Waals surface area contributed by atoms with Crippen LogP contribution in [-0.2, 0) is 6.54 Å². The number of nitrogens with one attached hydrogen (secondary N) is 1. The molecule has 0 saturated carbocycles. The van der Waals surface area contributed by atoms with Crippen LogP contribution in [-0.4, -0.2) is 19.6 Å². The van der Waals surface area contributed by atoms with Gasteiger partial charge in [-0.25, -0.2) is 0 Å². The molecule has 1 fully saturated rings. The minimum Gasteiger partial charge on any atom is -0.352 e. The SMILES string of the molecule is Cc1ccc(-n2cccc2C2C(c3ccccn3)NC(=S)N2Cc2ccccc2)cc1C. The number of aromatic nitrogens is 2. The van der Waals surface area contributed by atoms with Crippen LogP contribution >= 0.6 is 12.2 Å². The average Bonchev–Trinajstić information content (AvgIpc) is 3.42. The molecule has 2 aromatic heterocycles. The summed E-state index contributed by atoms with van der Waals surface area (Å²) in [6, 6.07) is 27.4.